The van der Waals surface area contributed by atoms with E-state index in [1.807, 2.05) is 18.2 Å². The zero-order chi connectivity index (χ0) is 23.3. The molecular formula is C22H20ClFN4O4. The lowest BCUT2D eigenvalue weighted by atomic mass is 10.0. The molecular weight excluding hydrogens is 439 g/mol. The Labute approximate surface area is 188 Å². The number of amides is 1. The third-order valence-corrected chi connectivity index (χ3v) is 4.76. The van der Waals surface area contributed by atoms with Gasteiger partial charge in [-0.3, -0.25) is 4.79 Å². The lowest BCUT2D eigenvalue weighted by molar-refractivity contribution is 0.0467. The number of anilines is 2. The molecule has 3 rings (SSSR count). The Morgan fingerprint density at radius 3 is 2.50 bits per heavy atom. The van der Waals surface area contributed by atoms with Crippen molar-refractivity contribution in [3.63, 3.8) is 0 Å². The first kappa shape index (κ1) is 23.0. The van der Waals surface area contributed by atoms with E-state index in [0.29, 0.717) is 0 Å². The molecule has 0 spiro atoms. The zero-order valence-electron chi connectivity index (χ0n) is 17.5. The highest BCUT2D eigenvalue weighted by molar-refractivity contribution is 6.29. The number of hydrogen-bond acceptors (Lipinski definition) is 7. The molecule has 0 fully saturated rings. The Bertz CT molecular complexity index is 1160. The number of nitrogens with one attached hydrogen (secondary N) is 2. The van der Waals surface area contributed by atoms with Crippen molar-refractivity contribution >= 4 is 34.9 Å². The maximum Gasteiger partial charge on any atom is 0.342 e. The van der Waals surface area contributed by atoms with Crippen LogP contribution in [0.3, 0.4) is 0 Å². The third kappa shape index (κ3) is 4.94. The van der Waals surface area contributed by atoms with Crippen LogP contribution < -0.4 is 15.4 Å². The number of aromatic nitrogens is 2. The van der Waals surface area contributed by atoms with Crippen molar-refractivity contribution in [2.24, 2.45) is 0 Å². The fourth-order valence-electron chi connectivity index (χ4n) is 2.97. The minimum absolute atomic E-state index is 0.00620. The van der Waals surface area contributed by atoms with Gasteiger partial charge in [-0.25, -0.2) is 9.18 Å². The second-order valence-corrected chi connectivity index (χ2v) is 7.02. The van der Waals surface area contributed by atoms with Gasteiger partial charge < -0.3 is 20.1 Å². The number of benzene rings is 2. The maximum atomic E-state index is 14.8. The first-order chi connectivity index (χ1) is 15.3. The molecule has 0 radical (unpaired) electrons. The number of carbonyl (C=O) groups is 2. The molecule has 8 nitrogen and oxygen atoms in total. The second-order valence-electron chi connectivity index (χ2n) is 6.63. The highest BCUT2D eigenvalue weighted by atomic mass is 35.5. The van der Waals surface area contributed by atoms with Crippen LogP contribution in [0.1, 0.15) is 32.0 Å². The van der Waals surface area contributed by atoms with Gasteiger partial charge in [-0.05, 0) is 12.5 Å². The third-order valence-electron chi connectivity index (χ3n) is 4.57. The molecule has 0 atom stereocenters. The summed E-state index contributed by atoms with van der Waals surface area (Å²) >= 11 is 5.92. The molecule has 3 aromatic rings. The highest BCUT2D eigenvalue weighted by Gasteiger charge is 2.25. The van der Waals surface area contributed by atoms with Crippen LogP contribution in [0.15, 0.2) is 42.5 Å². The number of esters is 1. The van der Waals surface area contributed by atoms with E-state index < -0.39 is 17.7 Å². The Morgan fingerprint density at radius 1 is 1.12 bits per heavy atom. The van der Waals surface area contributed by atoms with Crippen LogP contribution in [-0.4, -0.2) is 36.2 Å². The summed E-state index contributed by atoms with van der Waals surface area (Å²) in [5, 5.41) is 12.7. The standard InChI is InChI=1S/C22H20ClFN4O4/c1-12-14(24)9-16(26-15-10-17(23)27-28-19(15)21(29)25-2)20(31-3)18(12)22(30)32-11-13-7-5-4-6-8-13/h4-10H,11H2,1-3H3,(H,25,29)(H,26,27). The number of hydrogen-bond donors (Lipinski definition) is 2. The molecule has 1 heterocycles. The number of rotatable bonds is 7. The van der Waals surface area contributed by atoms with Crippen molar-refractivity contribution in [1.82, 2.24) is 15.5 Å². The van der Waals surface area contributed by atoms with Gasteiger partial charge in [-0.15, -0.1) is 10.2 Å². The van der Waals surface area contributed by atoms with Gasteiger partial charge >= 0.3 is 5.97 Å². The predicted molar refractivity (Wildman–Crippen MR) is 117 cm³/mol. The van der Waals surface area contributed by atoms with Gasteiger partial charge in [0.15, 0.2) is 16.6 Å². The van der Waals surface area contributed by atoms with Crippen molar-refractivity contribution in [2.75, 3.05) is 19.5 Å². The summed E-state index contributed by atoms with van der Waals surface area (Å²) in [7, 11) is 2.76. The Hall–Kier alpha value is -3.72. The smallest absolute Gasteiger partial charge is 0.342 e. The number of halogens is 2. The normalized spacial score (nSPS) is 10.4. The summed E-state index contributed by atoms with van der Waals surface area (Å²) in [5.74, 6) is -1.93. The lowest BCUT2D eigenvalue weighted by Crippen LogP contribution is -2.21. The van der Waals surface area contributed by atoms with Crippen molar-refractivity contribution in [3.8, 4) is 5.75 Å². The van der Waals surface area contributed by atoms with E-state index >= 15 is 0 Å². The molecule has 0 aliphatic rings. The van der Waals surface area contributed by atoms with E-state index in [9.17, 15) is 14.0 Å². The molecule has 0 unspecified atom stereocenters. The summed E-state index contributed by atoms with van der Waals surface area (Å²) in [6, 6.07) is 11.6. The fraction of sp³-hybridized carbons (Fsp3) is 0.182. The first-order valence-electron chi connectivity index (χ1n) is 9.46. The minimum atomic E-state index is -0.761. The van der Waals surface area contributed by atoms with Gasteiger partial charge in [-0.2, -0.15) is 0 Å². The molecule has 2 aromatic carbocycles. The lowest BCUT2D eigenvalue weighted by Gasteiger charge is -2.18. The molecule has 0 saturated carbocycles. The number of nitrogens with zero attached hydrogens (tertiary/aromatic N) is 2. The van der Waals surface area contributed by atoms with Gasteiger partial charge in [0.2, 0.25) is 0 Å². The molecule has 1 aromatic heterocycles. The summed E-state index contributed by atoms with van der Waals surface area (Å²) in [6.07, 6.45) is 0. The van der Waals surface area contributed by atoms with E-state index in [2.05, 4.69) is 20.8 Å². The summed E-state index contributed by atoms with van der Waals surface area (Å²) in [6.45, 7) is 1.45. The number of carbonyl (C=O) groups excluding carboxylic acids is 2. The molecule has 0 aliphatic carbocycles. The van der Waals surface area contributed by atoms with Gasteiger partial charge in [0.25, 0.3) is 5.91 Å². The van der Waals surface area contributed by atoms with E-state index in [4.69, 9.17) is 21.1 Å². The Morgan fingerprint density at radius 2 is 1.84 bits per heavy atom. The van der Waals surface area contributed by atoms with E-state index in [1.54, 1.807) is 12.1 Å². The topological polar surface area (TPSA) is 102 Å². The minimum Gasteiger partial charge on any atom is -0.494 e. The molecule has 2 N–H and O–H groups in total. The van der Waals surface area contributed by atoms with Crippen LogP contribution >= 0.6 is 11.6 Å². The molecule has 0 bridgehead atoms. The SMILES string of the molecule is CNC(=O)c1nnc(Cl)cc1Nc1cc(F)c(C)c(C(=O)OCc2ccccc2)c1OC. The average Bonchev–Trinajstić information content (AvgIpc) is 2.79. The van der Waals surface area contributed by atoms with Gasteiger partial charge in [0, 0.05) is 24.7 Å². The van der Waals surface area contributed by atoms with Gasteiger partial charge in [0.1, 0.15) is 18.0 Å². The van der Waals surface area contributed by atoms with Crippen LogP contribution in [0.25, 0.3) is 0 Å². The number of methoxy groups -OCH3 is 1. The van der Waals surface area contributed by atoms with Crippen molar-refractivity contribution < 1.29 is 23.5 Å². The number of ether oxygens (including phenoxy) is 2. The summed E-state index contributed by atoms with van der Waals surface area (Å²) < 4.78 is 25.5. The quantitative estimate of drug-likeness (QED) is 0.515. The second kappa shape index (κ2) is 10.1. The van der Waals surface area contributed by atoms with E-state index in [1.165, 1.54) is 27.1 Å². The van der Waals surface area contributed by atoms with Crippen LogP contribution in [0.4, 0.5) is 15.8 Å². The average molecular weight is 459 g/mol. The molecule has 32 heavy (non-hydrogen) atoms. The zero-order valence-corrected chi connectivity index (χ0v) is 18.3. The molecule has 0 saturated heterocycles. The Balaban J connectivity index is 2.00. The van der Waals surface area contributed by atoms with Crippen LogP contribution in [0.5, 0.6) is 5.75 Å². The van der Waals surface area contributed by atoms with Crippen LogP contribution in [0.2, 0.25) is 5.15 Å². The predicted octanol–water partition coefficient (Wildman–Crippen LogP) is 4.05. The van der Waals surface area contributed by atoms with E-state index in [0.717, 1.165) is 11.6 Å². The molecule has 10 heteroatoms. The molecule has 166 valence electrons. The van der Waals surface area contributed by atoms with Gasteiger partial charge in [0.05, 0.1) is 18.5 Å². The summed E-state index contributed by atoms with van der Waals surface area (Å²) in [4.78, 5) is 25.0. The van der Waals surface area contributed by atoms with Crippen LogP contribution in [0, 0.1) is 12.7 Å². The van der Waals surface area contributed by atoms with Crippen LogP contribution in [-0.2, 0) is 11.3 Å². The summed E-state index contributed by atoms with van der Waals surface area (Å²) in [5.41, 5.74) is 0.905. The van der Waals surface area contributed by atoms with Gasteiger partial charge in [-0.1, -0.05) is 41.9 Å². The fourth-order valence-corrected chi connectivity index (χ4v) is 3.11. The van der Waals surface area contributed by atoms with Crippen molar-refractivity contribution in [3.05, 3.63) is 75.8 Å². The maximum absolute atomic E-state index is 14.8. The van der Waals surface area contributed by atoms with Crippen molar-refractivity contribution in [1.29, 1.82) is 0 Å². The molecule has 0 aliphatic heterocycles. The van der Waals surface area contributed by atoms with E-state index in [-0.39, 0.29) is 45.7 Å². The Kier molecular flexibility index (Phi) is 7.21. The monoisotopic (exact) mass is 458 g/mol. The van der Waals surface area contributed by atoms with Crippen molar-refractivity contribution in [2.45, 2.75) is 13.5 Å². The largest absolute Gasteiger partial charge is 0.494 e. The molecule has 1 amide bonds. The highest BCUT2D eigenvalue weighted by Crippen LogP contribution is 2.36. The first-order valence-corrected chi connectivity index (χ1v) is 9.84.